The molecule has 0 radical (unpaired) electrons. The van der Waals surface area contributed by atoms with E-state index in [1.807, 2.05) is 13.8 Å². The molecule has 1 aromatic rings. The van der Waals surface area contributed by atoms with Crippen LogP contribution in [0, 0.1) is 6.92 Å². The molecule has 0 aliphatic heterocycles. The number of carboxylic acids is 1. The van der Waals surface area contributed by atoms with Crippen LogP contribution in [0.4, 0.5) is 0 Å². The number of halogens is 1. The standard InChI is InChI=1S/C13H16ClNO3/c1-3-15(7-6-12(16)17)13(18)10-5-4-9(2)11(14)8-10/h4-5,8H,3,6-7H2,1-2H3,(H,16,17). The Morgan fingerprint density at radius 3 is 2.56 bits per heavy atom. The fourth-order valence-corrected chi connectivity index (χ4v) is 1.72. The Morgan fingerprint density at radius 2 is 2.06 bits per heavy atom. The summed E-state index contributed by atoms with van der Waals surface area (Å²) >= 11 is 5.97. The summed E-state index contributed by atoms with van der Waals surface area (Å²) < 4.78 is 0. The van der Waals surface area contributed by atoms with Gasteiger partial charge in [0.05, 0.1) is 6.42 Å². The zero-order valence-corrected chi connectivity index (χ0v) is 11.2. The first-order valence-corrected chi connectivity index (χ1v) is 6.10. The maximum Gasteiger partial charge on any atom is 0.305 e. The average Bonchev–Trinajstić information content (AvgIpc) is 2.32. The highest BCUT2D eigenvalue weighted by molar-refractivity contribution is 6.31. The number of aliphatic carboxylic acids is 1. The van der Waals surface area contributed by atoms with Crippen molar-refractivity contribution in [3.8, 4) is 0 Å². The molecule has 5 heteroatoms. The molecule has 98 valence electrons. The van der Waals surface area contributed by atoms with Gasteiger partial charge in [-0.25, -0.2) is 0 Å². The monoisotopic (exact) mass is 269 g/mol. The van der Waals surface area contributed by atoms with E-state index in [0.29, 0.717) is 17.1 Å². The van der Waals surface area contributed by atoms with Gasteiger partial charge in [-0.05, 0) is 31.5 Å². The molecule has 0 spiro atoms. The van der Waals surface area contributed by atoms with E-state index in [4.69, 9.17) is 16.7 Å². The molecule has 0 heterocycles. The van der Waals surface area contributed by atoms with Crippen molar-refractivity contribution in [1.82, 2.24) is 4.90 Å². The van der Waals surface area contributed by atoms with Crippen molar-refractivity contribution < 1.29 is 14.7 Å². The van der Waals surface area contributed by atoms with Gasteiger partial charge in [0.2, 0.25) is 0 Å². The maximum atomic E-state index is 12.1. The number of nitrogens with zero attached hydrogens (tertiary/aromatic N) is 1. The maximum absolute atomic E-state index is 12.1. The minimum atomic E-state index is -0.914. The Hall–Kier alpha value is -1.55. The molecule has 0 saturated carbocycles. The predicted octanol–water partition coefficient (Wildman–Crippen LogP) is 2.59. The lowest BCUT2D eigenvalue weighted by atomic mass is 10.1. The van der Waals surface area contributed by atoms with E-state index >= 15 is 0 Å². The molecule has 1 rings (SSSR count). The van der Waals surface area contributed by atoms with Gasteiger partial charge >= 0.3 is 5.97 Å². The summed E-state index contributed by atoms with van der Waals surface area (Å²) in [5, 5.41) is 9.17. The van der Waals surface area contributed by atoms with Crippen molar-refractivity contribution in [2.24, 2.45) is 0 Å². The number of benzene rings is 1. The summed E-state index contributed by atoms with van der Waals surface area (Å²) in [6.45, 7) is 4.35. The second-order valence-electron chi connectivity index (χ2n) is 3.99. The predicted molar refractivity (Wildman–Crippen MR) is 70.0 cm³/mol. The zero-order chi connectivity index (χ0) is 13.7. The van der Waals surface area contributed by atoms with Gasteiger partial charge in [-0.15, -0.1) is 0 Å². The van der Waals surface area contributed by atoms with Gasteiger partial charge < -0.3 is 10.0 Å². The summed E-state index contributed by atoms with van der Waals surface area (Å²) in [6.07, 6.45) is -0.0564. The molecule has 0 fully saturated rings. The van der Waals surface area contributed by atoms with Gasteiger partial charge in [0.25, 0.3) is 5.91 Å². The SMILES string of the molecule is CCN(CCC(=O)O)C(=O)c1ccc(C)c(Cl)c1. The van der Waals surface area contributed by atoms with Crippen molar-refractivity contribution in [3.63, 3.8) is 0 Å². The molecular formula is C13H16ClNO3. The summed E-state index contributed by atoms with van der Waals surface area (Å²) in [4.78, 5) is 24.1. The molecular weight excluding hydrogens is 254 g/mol. The van der Waals surface area contributed by atoms with E-state index in [9.17, 15) is 9.59 Å². The van der Waals surface area contributed by atoms with Gasteiger partial charge in [0.15, 0.2) is 0 Å². The first-order valence-electron chi connectivity index (χ1n) is 5.73. The summed E-state index contributed by atoms with van der Waals surface area (Å²) in [7, 11) is 0. The minimum Gasteiger partial charge on any atom is -0.481 e. The van der Waals surface area contributed by atoms with Gasteiger partial charge in [0.1, 0.15) is 0 Å². The van der Waals surface area contributed by atoms with Crippen LogP contribution in [0.2, 0.25) is 5.02 Å². The van der Waals surface area contributed by atoms with Gasteiger partial charge in [-0.2, -0.15) is 0 Å². The summed E-state index contributed by atoms with van der Waals surface area (Å²) in [5.74, 6) is -1.11. The Balaban J connectivity index is 2.82. The number of amides is 1. The van der Waals surface area contributed by atoms with Crippen LogP contribution >= 0.6 is 11.6 Å². The van der Waals surface area contributed by atoms with Crippen molar-refractivity contribution in [2.45, 2.75) is 20.3 Å². The molecule has 4 nitrogen and oxygen atoms in total. The molecule has 0 aliphatic carbocycles. The smallest absolute Gasteiger partial charge is 0.305 e. The first-order chi connectivity index (χ1) is 8.45. The fourth-order valence-electron chi connectivity index (χ4n) is 1.54. The molecule has 0 unspecified atom stereocenters. The summed E-state index contributed by atoms with van der Waals surface area (Å²) in [5.41, 5.74) is 1.39. The third kappa shape index (κ3) is 3.74. The quantitative estimate of drug-likeness (QED) is 0.894. The van der Waals surface area contributed by atoms with Crippen LogP contribution in [-0.4, -0.2) is 35.0 Å². The fraction of sp³-hybridized carbons (Fsp3) is 0.385. The topological polar surface area (TPSA) is 57.6 Å². The number of rotatable bonds is 5. The average molecular weight is 270 g/mol. The lowest BCUT2D eigenvalue weighted by Gasteiger charge is -2.20. The Morgan fingerprint density at radius 1 is 1.39 bits per heavy atom. The highest BCUT2D eigenvalue weighted by atomic mass is 35.5. The second kappa shape index (κ2) is 6.40. The van der Waals surface area contributed by atoms with Gasteiger partial charge in [0, 0.05) is 23.7 Å². The highest BCUT2D eigenvalue weighted by Gasteiger charge is 2.15. The molecule has 0 aliphatic rings. The van der Waals surface area contributed by atoms with Crippen molar-refractivity contribution in [3.05, 3.63) is 34.3 Å². The molecule has 0 saturated heterocycles. The lowest BCUT2D eigenvalue weighted by molar-refractivity contribution is -0.137. The zero-order valence-electron chi connectivity index (χ0n) is 10.4. The van der Waals surface area contributed by atoms with Crippen LogP contribution in [0.1, 0.15) is 29.3 Å². The highest BCUT2D eigenvalue weighted by Crippen LogP contribution is 2.18. The lowest BCUT2D eigenvalue weighted by Crippen LogP contribution is -2.32. The summed E-state index contributed by atoms with van der Waals surface area (Å²) in [6, 6.07) is 5.09. The van der Waals surface area contributed by atoms with Crippen molar-refractivity contribution in [2.75, 3.05) is 13.1 Å². The van der Waals surface area contributed by atoms with Crippen LogP contribution in [0.3, 0.4) is 0 Å². The molecule has 18 heavy (non-hydrogen) atoms. The molecule has 0 aromatic heterocycles. The van der Waals surface area contributed by atoms with E-state index in [-0.39, 0.29) is 18.9 Å². The van der Waals surface area contributed by atoms with E-state index in [2.05, 4.69) is 0 Å². The molecule has 1 amide bonds. The first kappa shape index (κ1) is 14.5. The Kier molecular flexibility index (Phi) is 5.16. The van der Waals surface area contributed by atoms with E-state index in [0.717, 1.165) is 5.56 Å². The number of carbonyl (C=O) groups is 2. The van der Waals surface area contributed by atoms with Crippen LogP contribution in [0.25, 0.3) is 0 Å². The molecule has 0 atom stereocenters. The van der Waals surface area contributed by atoms with Gasteiger partial charge in [-0.3, -0.25) is 9.59 Å². The van der Waals surface area contributed by atoms with E-state index in [1.54, 1.807) is 18.2 Å². The normalized spacial score (nSPS) is 10.2. The second-order valence-corrected chi connectivity index (χ2v) is 4.40. The number of aryl methyl sites for hydroxylation is 1. The molecule has 1 N–H and O–H groups in total. The van der Waals surface area contributed by atoms with Crippen LogP contribution in [0.5, 0.6) is 0 Å². The Bertz CT molecular complexity index is 460. The third-order valence-electron chi connectivity index (χ3n) is 2.68. The molecule has 1 aromatic carbocycles. The number of hydrogen-bond donors (Lipinski definition) is 1. The third-order valence-corrected chi connectivity index (χ3v) is 3.09. The van der Waals surface area contributed by atoms with E-state index < -0.39 is 5.97 Å². The number of carboxylic acid groups (broad SMARTS) is 1. The van der Waals surface area contributed by atoms with Crippen molar-refractivity contribution in [1.29, 1.82) is 0 Å². The van der Waals surface area contributed by atoms with Crippen LogP contribution in [0.15, 0.2) is 18.2 Å². The minimum absolute atomic E-state index is 0.0564. The van der Waals surface area contributed by atoms with Crippen LogP contribution < -0.4 is 0 Å². The molecule has 0 bridgehead atoms. The van der Waals surface area contributed by atoms with Gasteiger partial charge in [-0.1, -0.05) is 17.7 Å². The van der Waals surface area contributed by atoms with Crippen molar-refractivity contribution >= 4 is 23.5 Å². The largest absolute Gasteiger partial charge is 0.481 e. The van der Waals surface area contributed by atoms with E-state index in [1.165, 1.54) is 4.90 Å². The number of carbonyl (C=O) groups excluding carboxylic acids is 1. The Labute approximate surface area is 111 Å². The van der Waals surface area contributed by atoms with Crippen LogP contribution in [-0.2, 0) is 4.79 Å². The number of hydrogen-bond acceptors (Lipinski definition) is 2.